The van der Waals surface area contributed by atoms with Gasteiger partial charge in [0.1, 0.15) is 6.04 Å². The average molecular weight is 243 g/mol. The molecule has 0 radical (unpaired) electrons. The number of methoxy groups -OCH3 is 1. The fourth-order valence-corrected chi connectivity index (χ4v) is 1.36. The molecule has 1 unspecified atom stereocenters. The lowest BCUT2D eigenvalue weighted by molar-refractivity contribution is -0.141. The van der Waals surface area contributed by atoms with Gasteiger partial charge in [0.15, 0.2) is 0 Å². The van der Waals surface area contributed by atoms with Crippen LogP contribution in [0.3, 0.4) is 0 Å². The lowest BCUT2D eigenvalue weighted by atomic mass is 10.1. The Kier molecular flexibility index (Phi) is 8.05. The minimum Gasteiger partial charge on any atom is -0.480 e. The van der Waals surface area contributed by atoms with Crippen molar-refractivity contribution in [3.8, 4) is 0 Å². The predicted molar refractivity (Wildman–Crippen MR) is 64.7 cm³/mol. The summed E-state index contributed by atoms with van der Waals surface area (Å²) in [5.41, 5.74) is 0.547. The average Bonchev–Trinajstić information content (AvgIpc) is 2.27. The zero-order valence-electron chi connectivity index (χ0n) is 10.7. The van der Waals surface area contributed by atoms with E-state index in [1.807, 2.05) is 6.92 Å². The van der Waals surface area contributed by atoms with Gasteiger partial charge in [-0.25, -0.2) is 4.79 Å². The first kappa shape index (κ1) is 15.6. The van der Waals surface area contributed by atoms with Crippen LogP contribution in [0.25, 0.3) is 0 Å². The van der Waals surface area contributed by atoms with Crippen LogP contribution in [0.15, 0.2) is 11.6 Å². The monoisotopic (exact) mass is 243 g/mol. The minimum absolute atomic E-state index is 0.323. The Morgan fingerprint density at radius 2 is 2.12 bits per heavy atom. The number of ether oxygens (including phenoxy) is 1. The molecule has 17 heavy (non-hydrogen) atoms. The summed E-state index contributed by atoms with van der Waals surface area (Å²) >= 11 is 0. The fraction of sp³-hybridized carbons (Fsp3) is 0.667. The molecule has 1 atom stereocenters. The first-order valence-corrected chi connectivity index (χ1v) is 5.72. The van der Waals surface area contributed by atoms with E-state index in [0.717, 1.165) is 6.42 Å². The first-order valence-electron chi connectivity index (χ1n) is 5.72. The normalized spacial score (nSPS) is 13.2. The molecule has 0 bridgehead atoms. The van der Waals surface area contributed by atoms with Crippen molar-refractivity contribution in [2.75, 3.05) is 13.7 Å². The third kappa shape index (κ3) is 6.73. The maximum atomic E-state index is 11.6. The second kappa shape index (κ2) is 8.75. The van der Waals surface area contributed by atoms with Crippen LogP contribution in [0, 0.1) is 0 Å². The Bertz CT molecular complexity index is 286. The van der Waals surface area contributed by atoms with E-state index in [4.69, 9.17) is 9.84 Å². The number of aliphatic carboxylic acids is 1. The van der Waals surface area contributed by atoms with E-state index in [-0.39, 0.29) is 5.91 Å². The number of amides is 1. The number of allylic oxidation sites excluding steroid dienone is 1. The lowest BCUT2D eigenvalue weighted by Crippen LogP contribution is -2.41. The molecule has 98 valence electrons. The van der Waals surface area contributed by atoms with Crippen molar-refractivity contribution in [3.63, 3.8) is 0 Å². The fourth-order valence-electron chi connectivity index (χ4n) is 1.36. The van der Waals surface area contributed by atoms with E-state index in [0.29, 0.717) is 25.0 Å². The molecule has 0 rings (SSSR count). The number of carboxylic acids is 1. The summed E-state index contributed by atoms with van der Waals surface area (Å²) in [6.45, 7) is 4.08. The first-order chi connectivity index (χ1) is 8.02. The summed E-state index contributed by atoms with van der Waals surface area (Å²) in [5, 5.41) is 11.5. The Balaban J connectivity index is 4.29. The minimum atomic E-state index is -1.02. The number of hydrogen-bond acceptors (Lipinski definition) is 3. The van der Waals surface area contributed by atoms with Crippen molar-refractivity contribution in [2.24, 2.45) is 0 Å². The molecule has 0 aromatic rings. The molecule has 0 heterocycles. The van der Waals surface area contributed by atoms with Crippen LogP contribution in [0.5, 0.6) is 0 Å². The van der Waals surface area contributed by atoms with Crippen molar-refractivity contribution >= 4 is 11.9 Å². The molecule has 0 fully saturated rings. The van der Waals surface area contributed by atoms with Crippen molar-refractivity contribution in [2.45, 2.75) is 39.2 Å². The molecule has 0 saturated carbocycles. The molecule has 5 nitrogen and oxygen atoms in total. The lowest BCUT2D eigenvalue weighted by Gasteiger charge is -2.14. The zero-order chi connectivity index (χ0) is 13.3. The summed E-state index contributed by atoms with van der Waals surface area (Å²) in [6.07, 6.45) is 3.49. The standard InChI is InChI=1S/C12H21NO4/c1-4-6-9(2)11(14)13-10(12(15)16)7-5-8-17-3/h6,10H,4-5,7-8H2,1-3H3,(H,13,14)(H,15,16)/b9-6-. The number of rotatable bonds is 8. The number of nitrogens with one attached hydrogen (secondary N) is 1. The molecule has 0 spiro atoms. The zero-order valence-corrected chi connectivity index (χ0v) is 10.7. The molecular formula is C12H21NO4. The van der Waals surface area contributed by atoms with Gasteiger partial charge in [0, 0.05) is 19.3 Å². The Morgan fingerprint density at radius 3 is 2.59 bits per heavy atom. The molecule has 0 aromatic heterocycles. The molecular weight excluding hydrogens is 222 g/mol. The van der Waals surface area contributed by atoms with E-state index in [1.54, 1.807) is 20.1 Å². The molecule has 0 aromatic carbocycles. The molecule has 0 aliphatic heterocycles. The molecule has 0 aliphatic carbocycles. The maximum absolute atomic E-state index is 11.6. The van der Waals surface area contributed by atoms with Crippen molar-refractivity contribution in [1.29, 1.82) is 0 Å². The van der Waals surface area contributed by atoms with E-state index >= 15 is 0 Å². The van der Waals surface area contributed by atoms with Gasteiger partial charge < -0.3 is 15.2 Å². The highest BCUT2D eigenvalue weighted by Gasteiger charge is 2.19. The van der Waals surface area contributed by atoms with Crippen LogP contribution in [0.1, 0.15) is 33.1 Å². The van der Waals surface area contributed by atoms with Gasteiger partial charge in [0.25, 0.3) is 0 Å². The largest absolute Gasteiger partial charge is 0.480 e. The van der Waals surface area contributed by atoms with Gasteiger partial charge in [-0.1, -0.05) is 13.0 Å². The van der Waals surface area contributed by atoms with Crippen LogP contribution in [-0.2, 0) is 14.3 Å². The number of carboxylic acid groups (broad SMARTS) is 1. The summed E-state index contributed by atoms with van der Waals surface area (Å²) < 4.78 is 4.85. The highest BCUT2D eigenvalue weighted by Crippen LogP contribution is 2.01. The topological polar surface area (TPSA) is 75.6 Å². The third-order valence-corrected chi connectivity index (χ3v) is 2.31. The molecule has 1 amide bonds. The predicted octanol–water partition coefficient (Wildman–Crippen LogP) is 1.34. The van der Waals surface area contributed by atoms with Crippen LogP contribution in [0.2, 0.25) is 0 Å². The van der Waals surface area contributed by atoms with Crippen LogP contribution in [0.4, 0.5) is 0 Å². The van der Waals surface area contributed by atoms with Gasteiger partial charge in [-0.15, -0.1) is 0 Å². The highest BCUT2D eigenvalue weighted by molar-refractivity contribution is 5.95. The van der Waals surface area contributed by atoms with Crippen molar-refractivity contribution < 1.29 is 19.4 Å². The number of hydrogen-bond donors (Lipinski definition) is 2. The summed E-state index contributed by atoms with van der Waals surface area (Å²) in [7, 11) is 1.56. The van der Waals surface area contributed by atoms with Gasteiger partial charge in [0.2, 0.25) is 5.91 Å². The number of carbonyl (C=O) groups is 2. The van der Waals surface area contributed by atoms with Gasteiger partial charge >= 0.3 is 5.97 Å². The Morgan fingerprint density at radius 1 is 1.47 bits per heavy atom. The third-order valence-electron chi connectivity index (χ3n) is 2.31. The summed E-state index contributed by atoms with van der Waals surface area (Å²) in [5.74, 6) is -1.34. The van der Waals surface area contributed by atoms with Gasteiger partial charge in [-0.05, 0) is 26.2 Å². The van der Waals surface area contributed by atoms with E-state index in [2.05, 4.69) is 5.32 Å². The van der Waals surface area contributed by atoms with Crippen LogP contribution in [-0.4, -0.2) is 36.7 Å². The van der Waals surface area contributed by atoms with Crippen molar-refractivity contribution in [3.05, 3.63) is 11.6 Å². The van der Waals surface area contributed by atoms with Crippen LogP contribution < -0.4 is 5.32 Å². The highest BCUT2D eigenvalue weighted by atomic mass is 16.5. The molecule has 2 N–H and O–H groups in total. The smallest absolute Gasteiger partial charge is 0.326 e. The van der Waals surface area contributed by atoms with E-state index in [1.165, 1.54) is 0 Å². The van der Waals surface area contributed by atoms with Gasteiger partial charge in [0.05, 0.1) is 0 Å². The Hall–Kier alpha value is -1.36. The second-order valence-electron chi connectivity index (χ2n) is 3.79. The number of carbonyl (C=O) groups excluding carboxylic acids is 1. The second-order valence-corrected chi connectivity index (χ2v) is 3.79. The molecule has 0 aliphatic rings. The van der Waals surface area contributed by atoms with Gasteiger partial charge in [-0.2, -0.15) is 0 Å². The quantitative estimate of drug-likeness (QED) is 0.498. The Labute approximate surface area is 102 Å². The van der Waals surface area contributed by atoms with E-state index in [9.17, 15) is 9.59 Å². The van der Waals surface area contributed by atoms with Crippen molar-refractivity contribution in [1.82, 2.24) is 5.32 Å². The summed E-state index contributed by atoms with van der Waals surface area (Å²) in [6, 6.07) is -0.849. The maximum Gasteiger partial charge on any atom is 0.326 e. The van der Waals surface area contributed by atoms with Gasteiger partial charge in [-0.3, -0.25) is 4.79 Å². The molecule has 5 heteroatoms. The SMILES string of the molecule is CC/C=C(/C)C(=O)NC(CCCOC)C(=O)O. The van der Waals surface area contributed by atoms with E-state index < -0.39 is 12.0 Å². The molecule has 0 saturated heterocycles. The van der Waals surface area contributed by atoms with Crippen LogP contribution >= 0.6 is 0 Å². The summed E-state index contributed by atoms with van der Waals surface area (Å²) in [4.78, 5) is 22.5.